The standard InChI is InChI=1S/C9H13NO.2H3O4P/c1-9(10,11)7-8-5-3-2-4-6-8;2*1-5(2,3)4/h2-6,11H,7,10H2,1H3;2*(H3,1,2,3,4)/p-6. The van der Waals surface area contributed by atoms with Crippen LogP contribution in [0.1, 0.15) is 12.5 Å². The molecule has 0 saturated heterocycles. The Labute approximate surface area is 121 Å². The quantitative estimate of drug-likeness (QED) is 0.386. The van der Waals surface area contributed by atoms with Gasteiger partial charge in [-0.25, -0.2) is 0 Å². The molecule has 1 atom stereocenters. The Bertz CT molecular complexity index is 439. The molecule has 0 aliphatic heterocycles. The highest BCUT2D eigenvalue weighted by Crippen LogP contribution is 2.06. The summed E-state index contributed by atoms with van der Waals surface area (Å²) in [4.78, 5) is 51.3. The number of hydrogen-bond donors (Lipinski definition) is 2. The smallest absolute Gasteiger partial charge is 0.114 e. The fourth-order valence-corrected chi connectivity index (χ4v) is 1.01. The van der Waals surface area contributed by atoms with Crippen molar-refractivity contribution >= 4 is 15.6 Å². The van der Waals surface area contributed by atoms with Crippen molar-refractivity contribution in [2.24, 2.45) is 5.73 Å². The number of phosphoric acid groups is 2. The third kappa shape index (κ3) is 38.2. The molecule has 0 saturated carbocycles. The summed E-state index contributed by atoms with van der Waals surface area (Å²) in [7, 11) is -10.8. The molecule has 0 aliphatic carbocycles. The lowest BCUT2D eigenvalue weighted by Crippen LogP contribution is -2.37. The lowest BCUT2D eigenvalue weighted by Gasteiger charge is -2.36. The Kier molecular flexibility index (Phi) is 10.1. The third-order valence-electron chi connectivity index (χ3n) is 1.40. The molecule has 124 valence electrons. The molecule has 1 aromatic carbocycles. The predicted molar refractivity (Wildman–Crippen MR) is 60.2 cm³/mol. The first-order valence-corrected chi connectivity index (χ1v) is 8.01. The summed E-state index contributed by atoms with van der Waals surface area (Å²) >= 11 is 0. The van der Waals surface area contributed by atoms with Crippen LogP contribution in [0.25, 0.3) is 0 Å². The maximum Gasteiger partial charge on any atom is 0.114 e. The van der Waals surface area contributed by atoms with Gasteiger partial charge in [0.15, 0.2) is 0 Å². The molecule has 0 amide bonds. The summed E-state index contributed by atoms with van der Waals surface area (Å²) in [5.41, 5.74) is 5.38. The van der Waals surface area contributed by atoms with Crippen molar-refractivity contribution < 1.29 is 43.6 Å². The Hall–Kier alpha value is -0.640. The van der Waals surface area contributed by atoms with Gasteiger partial charge in [0.25, 0.3) is 0 Å². The lowest BCUT2D eigenvalue weighted by atomic mass is 10.1. The van der Waals surface area contributed by atoms with Crippen molar-refractivity contribution in [2.45, 2.75) is 19.1 Å². The predicted octanol–water partition coefficient (Wildman–Crippen LogP) is -4.75. The minimum Gasteiger partial charge on any atom is -0.822 e. The molecule has 10 nitrogen and oxygen atoms in total. The maximum atomic E-state index is 9.25. The highest BCUT2D eigenvalue weighted by atomic mass is 31.2. The zero-order valence-electron chi connectivity index (χ0n) is 10.8. The molecule has 0 aromatic heterocycles. The zero-order valence-corrected chi connectivity index (χ0v) is 12.6. The molecule has 0 radical (unpaired) electrons. The van der Waals surface area contributed by atoms with Gasteiger partial charge < -0.3 is 49.3 Å². The number of aliphatic hydroxyl groups is 1. The van der Waals surface area contributed by atoms with Crippen LogP contribution in [0, 0.1) is 0 Å². The molecule has 3 N–H and O–H groups in total. The number of hydrogen-bond acceptors (Lipinski definition) is 10. The fraction of sp³-hybridized carbons (Fsp3) is 0.333. The van der Waals surface area contributed by atoms with Crippen LogP contribution in [0.2, 0.25) is 0 Å². The van der Waals surface area contributed by atoms with Gasteiger partial charge >= 0.3 is 0 Å². The van der Waals surface area contributed by atoms with Crippen LogP contribution < -0.4 is 35.1 Å². The molecule has 1 rings (SSSR count). The van der Waals surface area contributed by atoms with E-state index in [1.807, 2.05) is 30.3 Å². The van der Waals surface area contributed by atoms with Gasteiger partial charge in [-0.05, 0) is 12.5 Å². The van der Waals surface area contributed by atoms with Gasteiger partial charge in [-0.15, -0.1) is 0 Å². The first-order valence-electron chi connectivity index (χ1n) is 5.09. The average Bonchev–Trinajstić information content (AvgIpc) is 2.10. The van der Waals surface area contributed by atoms with E-state index in [2.05, 4.69) is 0 Å². The molecule has 1 unspecified atom stereocenters. The maximum absolute atomic E-state index is 9.25. The minimum atomic E-state index is -5.39. The Morgan fingerprint density at radius 2 is 1.29 bits per heavy atom. The molecular weight excluding hydrogens is 328 g/mol. The van der Waals surface area contributed by atoms with E-state index in [9.17, 15) is 5.11 Å². The molecule has 21 heavy (non-hydrogen) atoms. The largest absolute Gasteiger partial charge is 0.822 e. The van der Waals surface area contributed by atoms with E-state index in [1.54, 1.807) is 6.92 Å². The average molecular weight is 341 g/mol. The van der Waals surface area contributed by atoms with Crippen LogP contribution in [0.5, 0.6) is 0 Å². The first-order chi connectivity index (χ1) is 9.08. The van der Waals surface area contributed by atoms with Crippen LogP contribution in [0.4, 0.5) is 0 Å². The fourth-order valence-electron chi connectivity index (χ4n) is 1.01. The van der Waals surface area contributed by atoms with Crippen LogP contribution in [0.15, 0.2) is 30.3 Å². The van der Waals surface area contributed by atoms with E-state index in [4.69, 9.17) is 44.2 Å². The number of benzene rings is 1. The van der Waals surface area contributed by atoms with Crippen LogP contribution in [0.3, 0.4) is 0 Å². The highest BCUT2D eigenvalue weighted by molar-refractivity contribution is 7.40. The molecular formula is C9H13NO9P2-6. The summed E-state index contributed by atoms with van der Waals surface area (Å²) in [5.74, 6) is 0. The Balaban J connectivity index is 0. The number of nitrogens with two attached hydrogens (primary N) is 1. The van der Waals surface area contributed by atoms with Crippen molar-refractivity contribution in [3.05, 3.63) is 35.9 Å². The second kappa shape index (κ2) is 9.39. The lowest BCUT2D eigenvalue weighted by molar-refractivity contribution is -0.434. The molecule has 12 heteroatoms. The Morgan fingerprint density at radius 1 is 1.00 bits per heavy atom. The van der Waals surface area contributed by atoms with E-state index in [-0.39, 0.29) is 0 Å². The summed E-state index contributed by atoms with van der Waals surface area (Å²) in [6.45, 7) is 1.60. The second-order valence-corrected chi connectivity index (χ2v) is 5.70. The van der Waals surface area contributed by atoms with Crippen molar-refractivity contribution in [1.29, 1.82) is 0 Å². The topological polar surface area (TPSA) is 219 Å². The molecule has 0 heterocycles. The summed E-state index contributed by atoms with van der Waals surface area (Å²) in [6.07, 6.45) is 0.494. The summed E-state index contributed by atoms with van der Waals surface area (Å²) < 4.78 is 17.1. The van der Waals surface area contributed by atoms with E-state index in [1.165, 1.54) is 0 Å². The molecule has 0 fully saturated rings. The van der Waals surface area contributed by atoms with Gasteiger partial charge in [-0.1, -0.05) is 30.3 Å². The molecule has 0 spiro atoms. The molecule has 0 bridgehead atoms. The van der Waals surface area contributed by atoms with Crippen molar-refractivity contribution in [2.75, 3.05) is 0 Å². The van der Waals surface area contributed by atoms with Crippen molar-refractivity contribution in [3.8, 4) is 0 Å². The van der Waals surface area contributed by atoms with E-state index < -0.39 is 21.4 Å². The van der Waals surface area contributed by atoms with Crippen LogP contribution in [-0.4, -0.2) is 10.8 Å². The molecule has 0 aliphatic rings. The summed E-state index contributed by atoms with van der Waals surface area (Å²) in [6, 6.07) is 9.69. The van der Waals surface area contributed by atoms with E-state index in [0.717, 1.165) is 5.56 Å². The van der Waals surface area contributed by atoms with Gasteiger partial charge in [-0.2, -0.15) is 15.6 Å². The SMILES string of the molecule is CC(N)(O)Cc1ccccc1.O=P([O-])([O-])[O-].O=P([O-])([O-])[O-]. The van der Waals surface area contributed by atoms with Crippen molar-refractivity contribution in [1.82, 2.24) is 0 Å². The number of rotatable bonds is 2. The summed E-state index contributed by atoms with van der Waals surface area (Å²) in [5, 5.41) is 9.25. The van der Waals surface area contributed by atoms with Gasteiger partial charge in [0.2, 0.25) is 0 Å². The van der Waals surface area contributed by atoms with Crippen LogP contribution in [-0.2, 0) is 15.6 Å². The minimum absolute atomic E-state index is 0.494. The first kappa shape index (κ1) is 22.6. The Morgan fingerprint density at radius 3 is 1.52 bits per heavy atom. The van der Waals surface area contributed by atoms with Gasteiger partial charge in [0.05, 0.1) is 0 Å². The normalized spacial score (nSPS) is 14.0. The molecule has 1 aromatic rings. The monoisotopic (exact) mass is 341 g/mol. The van der Waals surface area contributed by atoms with E-state index in [0.29, 0.717) is 6.42 Å². The van der Waals surface area contributed by atoms with Gasteiger partial charge in [-0.3, -0.25) is 0 Å². The zero-order chi connectivity index (χ0) is 17.3. The van der Waals surface area contributed by atoms with E-state index >= 15 is 0 Å². The highest BCUT2D eigenvalue weighted by Gasteiger charge is 2.12. The van der Waals surface area contributed by atoms with Gasteiger partial charge in [0, 0.05) is 6.42 Å². The third-order valence-corrected chi connectivity index (χ3v) is 1.40. The van der Waals surface area contributed by atoms with Crippen LogP contribution >= 0.6 is 15.6 Å². The second-order valence-electron chi connectivity index (χ2n) is 3.91. The van der Waals surface area contributed by atoms with Crippen molar-refractivity contribution in [3.63, 3.8) is 0 Å². The van der Waals surface area contributed by atoms with Gasteiger partial charge in [0.1, 0.15) is 5.72 Å².